The molecule has 1 aromatic carbocycles. The summed E-state index contributed by atoms with van der Waals surface area (Å²) in [5.74, 6) is 0.167. The van der Waals surface area contributed by atoms with Crippen LogP contribution in [0, 0.1) is 0 Å². The second kappa shape index (κ2) is 8.24. The average molecular weight is 312 g/mol. The Morgan fingerprint density at radius 3 is 1.89 bits per heavy atom. The standard InChI is InChI=1S/C6H7O4P.C3H7O4P/c7-11(8,9)10-6-4-2-1-3-5-6;1-2-3-7-8(4,5)6/h1-5H,(H2,7,8,9);2H,1,3H2,(H2,4,5,6). The maximum atomic E-state index is 10.3. The van der Waals surface area contributed by atoms with Crippen molar-refractivity contribution >= 4 is 15.6 Å². The molecule has 0 fully saturated rings. The molecule has 0 aromatic heterocycles. The molecule has 1 aromatic rings. The minimum absolute atomic E-state index is 0.121. The zero-order valence-corrected chi connectivity index (χ0v) is 11.5. The van der Waals surface area contributed by atoms with Gasteiger partial charge in [0, 0.05) is 0 Å². The van der Waals surface area contributed by atoms with Gasteiger partial charge >= 0.3 is 15.6 Å². The quantitative estimate of drug-likeness (QED) is 0.474. The van der Waals surface area contributed by atoms with Gasteiger partial charge in [0.15, 0.2) is 0 Å². The molecule has 4 N–H and O–H groups in total. The van der Waals surface area contributed by atoms with E-state index in [9.17, 15) is 9.13 Å². The molecule has 0 aliphatic carbocycles. The Bertz CT molecular complexity index is 462. The van der Waals surface area contributed by atoms with Crippen LogP contribution in [-0.2, 0) is 13.7 Å². The summed E-state index contributed by atoms with van der Waals surface area (Å²) in [7, 11) is -8.64. The van der Waals surface area contributed by atoms with Crippen LogP contribution in [0.5, 0.6) is 5.75 Å². The van der Waals surface area contributed by atoms with Gasteiger partial charge in [0.25, 0.3) is 0 Å². The first-order valence-corrected chi connectivity index (χ1v) is 7.81. The van der Waals surface area contributed by atoms with Gasteiger partial charge < -0.3 is 14.3 Å². The molecule has 8 nitrogen and oxygen atoms in total. The molecule has 0 unspecified atom stereocenters. The van der Waals surface area contributed by atoms with Crippen LogP contribution in [0.2, 0.25) is 0 Å². The van der Waals surface area contributed by atoms with E-state index in [-0.39, 0.29) is 12.4 Å². The Labute approximate surface area is 109 Å². The average Bonchev–Trinajstić information content (AvgIpc) is 2.25. The normalized spacial score (nSPS) is 11.2. The van der Waals surface area contributed by atoms with Crippen molar-refractivity contribution in [1.29, 1.82) is 0 Å². The molecule has 10 heteroatoms. The maximum absolute atomic E-state index is 10.3. The molecule has 19 heavy (non-hydrogen) atoms. The van der Waals surface area contributed by atoms with Crippen molar-refractivity contribution in [2.75, 3.05) is 6.61 Å². The summed E-state index contributed by atoms with van der Waals surface area (Å²) in [6, 6.07) is 7.93. The van der Waals surface area contributed by atoms with Crippen LogP contribution >= 0.6 is 15.6 Å². The SMILES string of the molecule is C=CCOP(=O)(O)O.O=P(O)(O)Oc1ccccc1. The summed E-state index contributed by atoms with van der Waals surface area (Å²) in [6.45, 7) is 3.07. The minimum atomic E-state index is -4.39. The molecule has 0 radical (unpaired) electrons. The molecule has 0 saturated carbocycles. The molecule has 0 aliphatic rings. The van der Waals surface area contributed by atoms with E-state index in [1.165, 1.54) is 18.2 Å². The molecule has 0 atom stereocenters. The van der Waals surface area contributed by atoms with Crippen molar-refractivity contribution in [1.82, 2.24) is 0 Å². The fourth-order valence-corrected chi connectivity index (χ4v) is 1.46. The largest absolute Gasteiger partial charge is 0.524 e. The Balaban J connectivity index is 0.000000362. The van der Waals surface area contributed by atoms with E-state index in [0.717, 1.165) is 0 Å². The van der Waals surface area contributed by atoms with Crippen LogP contribution in [0.25, 0.3) is 0 Å². The molecule has 0 heterocycles. The number of rotatable bonds is 5. The van der Waals surface area contributed by atoms with Gasteiger partial charge in [0.05, 0.1) is 6.61 Å². The number of hydrogen-bond donors (Lipinski definition) is 4. The molecule has 1 rings (SSSR count). The summed E-state index contributed by atoms with van der Waals surface area (Å²) < 4.78 is 28.3. The third kappa shape index (κ3) is 13.3. The molecule has 0 bridgehead atoms. The van der Waals surface area contributed by atoms with Gasteiger partial charge in [-0.05, 0) is 12.1 Å². The highest BCUT2D eigenvalue weighted by Crippen LogP contribution is 2.37. The molecule has 108 valence electrons. The van der Waals surface area contributed by atoms with Crippen molar-refractivity contribution in [2.24, 2.45) is 0 Å². The van der Waals surface area contributed by atoms with E-state index in [4.69, 9.17) is 19.6 Å². The lowest BCUT2D eigenvalue weighted by atomic mass is 10.3. The first-order valence-electron chi connectivity index (χ1n) is 4.75. The first-order chi connectivity index (χ1) is 8.64. The van der Waals surface area contributed by atoms with Crippen molar-refractivity contribution in [3.05, 3.63) is 43.0 Å². The van der Waals surface area contributed by atoms with Gasteiger partial charge in [-0.15, -0.1) is 6.58 Å². The van der Waals surface area contributed by atoms with Crippen LogP contribution in [0.4, 0.5) is 0 Å². The van der Waals surface area contributed by atoms with Crippen LogP contribution < -0.4 is 4.52 Å². The molecule has 0 amide bonds. The van der Waals surface area contributed by atoms with Gasteiger partial charge in [-0.2, -0.15) is 0 Å². The van der Waals surface area contributed by atoms with Crippen LogP contribution in [-0.4, -0.2) is 26.2 Å². The third-order valence-electron chi connectivity index (χ3n) is 1.33. The molecule has 0 saturated heterocycles. The summed E-state index contributed by atoms with van der Waals surface area (Å²) in [5.41, 5.74) is 0. The number of benzene rings is 1. The Kier molecular flexibility index (Phi) is 7.82. The predicted octanol–water partition coefficient (Wildman–Crippen LogP) is 1.44. The Morgan fingerprint density at radius 2 is 1.58 bits per heavy atom. The molecular weight excluding hydrogens is 298 g/mol. The summed E-state index contributed by atoms with van der Waals surface area (Å²) in [6.07, 6.45) is 1.26. The van der Waals surface area contributed by atoms with Crippen LogP contribution in [0.3, 0.4) is 0 Å². The summed E-state index contributed by atoms with van der Waals surface area (Å²) in [5, 5.41) is 0. The fraction of sp³-hybridized carbons (Fsp3) is 0.111. The lowest BCUT2D eigenvalue weighted by Gasteiger charge is -2.04. The van der Waals surface area contributed by atoms with E-state index in [1.54, 1.807) is 18.2 Å². The Hall–Kier alpha value is -0.980. The van der Waals surface area contributed by atoms with E-state index in [2.05, 4.69) is 15.6 Å². The minimum Gasteiger partial charge on any atom is -0.404 e. The Morgan fingerprint density at radius 1 is 1.05 bits per heavy atom. The highest BCUT2D eigenvalue weighted by molar-refractivity contribution is 7.46. The van der Waals surface area contributed by atoms with Gasteiger partial charge in [-0.1, -0.05) is 24.3 Å². The number of phosphoric acid groups is 2. The molecular formula is C9H14O8P2. The van der Waals surface area contributed by atoms with E-state index in [1.807, 2.05) is 0 Å². The van der Waals surface area contributed by atoms with E-state index < -0.39 is 15.6 Å². The second-order valence-corrected chi connectivity index (χ2v) is 5.37. The summed E-state index contributed by atoms with van der Waals surface area (Å²) >= 11 is 0. The zero-order valence-electron chi connectivity index (χ0n) is 9.69. The number of phosphoric ester groups is 2. The topological polar surface area (TPSA) is 134 Å². The van der Waals surface area contributed by atoms with Crippen LogP contribution in [0.1, 0.15) is 0 Å². The fourth-order valence-electron chi connectivity index (χ4n) is 0.768. The molecule has 0 spiro atoms. The number of hydrogen-bond acceptors (Lipinski definition) is 4. The van der Waals surface area contributed by atoms with E-state index in [0.29, 0.717) is 0 Å². The third-order valence-corrected chi connectivity index (χ3v) is 2.26. The summed E-state index contributed by atoms with van der Waals surface area (Å²) in [4.78, 5) is 32.7. The van der Waals surface area contributed by atoms with E-state index >= 15 is 0 Å². The van der Waals surface area contributed by atoms with Gasteiger partial charge in [-0.25, -0.2) is 9.13 Å². The van der Waals surface area contributed by atoms with Crippen molar-refractivity contribution in [3.63, 3.8) is 0 Å². The zero-order chi connectivity index (χ0) is 14.9. The molecule has 0 aliphatic heterocycles. The highest BCUT2D eigenvalue weighted by atomic mass is 31.2. The maximum Gasteiger partial charge on any atom is 0.524 e. The number of para-hydroxylation sites is 1. The smallest absolute Gasteiger partial charge is 0.404 e. The van der Waals surface area contributed by atoms with Gasteiger partial charge in [-0.3, -0.25) is 14.3 Å². The highest BCUT2D eigenvalue weighted by Gasteiger charge is 2.14. The lowest BCUT2D eigenvalue weighted by molar-refractivity contribution is 0.216. The monoisotopic (exact) mass is 312 g/mol. The van der Waals surface area contributed by atoms with Crippen LogP contribution in [0.15, 0.2) is 43.0 Å². The van der Waals surface area contributed by atoms with Crippen molar-refractivity contribution in [2.45, 2.75) is 0 Å². The van der Waals surface area contributed by atoms with Crippen molar-refractivity contribution in [3.8, 4) is 5.75 Å². The second-order valence-electron chi connectivity index (χ2n) is 2.97. The van der Waals surface area contributed by atoms with Gasteiger partial charge in [0.1, 0.15) is 5.75 Å². The lowest BCUT2D eigenvalue weighted by Crippen LogP contribution is -1.88. The van der Waals surface area contributed by atoms with Crippen molar-refractivity contribution < 1.29 is 37.8 Å². The first kappa shape index (κ1) is 18.0. The predicted molar refractivity (Wildman–Crippen MR) is 67.3 cm³/mol. The van der Waals surface area contributed by atoms with Gasteiger partial charge in [0.2, 0.25) is 0 Å².